The van der Waals surface area contributed by atoms with Crippen molar-refractivity contribution in [2.24, 2.45) is 7.05 Å². The van der Waals surface area contributed by atoms with E-state index < -0.39 is 20.1 Å². The van der Waals surface area contributed by atoms with E-state index in [1.807, 2.05) is 60.7 Å². The zero-order valence-corrected chi connectivity index (χ0v) is 25.9. The first-order chi connectivity index (χ1) is 20.0. The predicted molar refractivity (Wildman–Crippen MR) is 171 cm³/mol. The van der Waals surface area contributed by atoms with Crippen LogP contribution in [0.2, 0.25) is 10.1 Å². The normalized spacial score (nSPS) is 12.2. The number of halogens is 2. The van der Waals surface area contributed by atoms with Gasteiger partial charge in [0.15, 0.2) is 5.69 Å². The molecule has 214 valence electrons. The summed E-state index contributed by atoms with van der Waals surface area (Å²) in [7, 11) is 0.0380. The van der Waals surface area contributed by atoms with Crippen molar-refractivity contribution >= 4 is 59.2 Å². The van der Waals surface area contributed by atoms with Crippen LogP contribution in [-0.4, -0.2) is 31.2 Å². The van der Waals surface area contributed by atoms with E-state index in [2.05, 4.69) is 50.1 Å². The summed E-state index contributed by atoms with van der Waals surface area (Å²) in [5.74, 6) is -0.462. The first-order valence-electron chi connectivity index (χ1n) is 13.6. The molecule has 0 bridgehead atoms. The summed E-state index contributed by atoms with van der Waals surface area (Å²) in [5.41, 5.74) is 1.58. The van der Waals surface area contributed by atoms with Crippen LogP contribution in [0.15, 0.2) is 91.0 Å². The van der Waals surface area contributed by atoms with Crippen LogP contribution in [0.25, 0.3) is 22.9 Å². The van der Waals surface area contributed by atoms with E-state index in [1.54, 1.807) is 29.9 Å². The second kappa shape index (κ2) is 11.6. The van der Waals surface area contributed by atoms with Crippen LogP contribution >= 0.6 is 11.6 Å². The van der Waals surface area contributed by atoms with E-state index in [0.29, 0.717) is 27.8 Å². The molecule has 1 aromatic heterocycles. The molecule has 0 spiro atoms. The minimum atomic E-state index is -3.02. The fourth-order valence-corrected chi connectivity index (χ4v) is 9.97. The molecule has 4 aromatic carbocycles. The molecule has 0 unspecified atom stereocenters. The maximum Gasteiger partial charge on any atom is 0.358 e. The molecule has 42 heavy (non-hydrogen) atoms. The van der Waals surface area contributed by atoms with Gasteiger partial charge in [0.2, 0.25) is 0 Å². The fraction of sp³-hybridized carbons (Fsp3) is 0.176. The third-order valence-corrected chi connectivity index (χ3v) is 12.7. The van der Waals surface area contributed by atoms with Crippen LogP contribution in [-0.2, 0) is 11.8 Å². The number of carbonyl (C=O) groups is 1. The number of carbonyl (C=O) groups excluding carboxylic acids is 1. The lowest BCUT2D eigenvalue weighted by Crippen LogP contribution is -2.68. The zero-order valence-electron chi connectivity index (χ0n) is 24.2. The van der Waals surface area contributed by atoms with Crippen molar-refractivity contribution in [1.82, 2.24) is 9.78 Å². The minimum absolute atomic E-state index is 0.0365. The molecule has 0 atom stereocenters. The van der Waals surface area contributed by atoms with Gasteiger partial charge in [-0.3, -0.25) is 4.68 Å². The van der Waals surface area contributed by atoms with Gasteiger partial charge in [-0.25, -0.2) is 9.18 Å². The molecule has 0 saturated carbocycles. The monoisotopic (exact) mass is 598 g/mol. The van der Waals surface area contributed by atoms with Gasteiger partial charge in [-0.05, 0) is 57.4 Å². The zero-order chi connectivity index (χ0) is 30.1. The van der Waals surface area contributed by atoms with Crippen LogP contribution in [0.1, 0.15) is 42.5 Å². The molecule has 0 fully saturated rings. The summed E-state index contributed by atoms with van der Waals surface area (Å²) in [4.78, 5) is 12.0. The number of aromatic nitrogens is 2. The lowest BCUT2D eigenvalue weighted by molar-refractivity contribution is 0.0593. The molecule has 0 amide bonds. The summed E-state index contributed by atoms with van der Waals surface area (Å²) in [5, 5.41) is 7.18. The van der Waals surface area contributed by atoms with Crippen LogP contribution in [0.3, 0.4) is 0 Å². The van der Waals surface area contributed by atoms with Gasteiger partial charge in [-0.2, -0.15) is 5.10 Å². The molecule has 5 rings (SSSR count). The summed E-state index contributed by atoms with van der Waals surface area (Å²) in [6.45, 7) is 6.59. The molecule has 0 aliphatic heterocycles. The summed E-state index contributed by atoms with van der Waals surface area (Å²) in [6, 6.07) is 29.3. The Morgan fingerprint density at radius 2 is 1.52 bits per heavy atom. The van der Waals surface area contributed by atoms with Crippen LogP contribution < -0.4 is 14.8 Å². The van der Waals surface area contributed by atoms with Crippen molar-refractivity contribution in [1.29, 1.82) is 0 Å². The van der Waals surface area contributed by atoms with Gasteiger partial charge in [0.05, 0.1) is 17.8 Å². The van der Waals surface area contributed by atoms with E-state index in [-0.39, 0.29) is 15.8 Å². The van der Waals surface area contributed by atoms with Gasteiger partial charge in [-0.1, -0.05) is 99.1 Å². The van der Waals surface area contributed by atoms with E-state index in [1.165, 1.54) is 7.11 Å². The third-order valence-electron chi connectivity index (χ3n) is 7.44. The highest BCUT2D eigenvalue weighted by Gasteiger charge is 2.52. The lowest BCUT2D eigenvalue weighted by Gasteiger charge is -2.43. The van der Waals surface area contributed by atoms with Crippen molar-refractivity contribution < 1.29 is 18.3 Å². The van der Waals surface area contributed by atoms with E-state index in [9.17, 15) is 4.79 Å². The minimum Gasteiger partial charge on any atom is -0.534 e. The van der Waals surface area contributed by atoms with Crippen LogP contribution in [0.4, 0.5) is 4.39 Å². The molecule has 0 saturated heterocycles. The van der Waals surface area contributed by atoms with E-state index in [4.69, 9.17) is 20.8 Å². The molecule has 0 radical (unpaired) electrons. The SMILES string of the molecule is COC(=O)c1cc(/C=C/c2cc(O[Si](c3ccccc3)(c3ccccc3)C(C)(C)C)c3ccc(Cl)c(F)c3c2)n(C)n1. The van der Waals surface area contributed by atoms with Gasteiger partial charge in [0.25, 0.3) is 0 Å². The Morgan fingerprint density at radius 3 is 2.10 bits per heavy atom. The number of ether oxygens (including phenoxy) is 1. The highest BCUT2D eigenvalue weighted by Crippen LogP contribution is 2.41. The highest BCUT2D eigenvalue weighted by atomic mass is 35.5. The lowest BCUT2D eigenvalue weighted by atomic mass is 10.0. The Kier molecular flexibility index (Phi) is 8.08. The molecule has 8 heteroatoms. The molecule has 0 aliphatic carbocycles. The summed E-state index contributed by atoms with van der Waals surface area (Å²) < 4.78 is 29.3. The van der Waals surface area contributed by atoms with Crippen LogP contribution in [0.5, 0.6) is 5.75 Å². The number of methoxy groups -OCH3 is 1. The van der Waals surface area contributed by atoms with Gasteiger partial charge in [-0.15, -0.1) is 0 Å². The Hall–Kier alpha value is -4.20. The van der Waals surface area contributed by atoms with Crippen molar-refractivity contribution in [3.05, 3.63) is 119 Å². The second-order valence-corrected chi connectivity index (χ2v) is 15.8. The number of fused-ring (bicyclic) bond motifs is 1. The van der Waals surface area contributed by atoms with E-state index >= 15 is 4.39 Å². The Balaban J connectivity index is 1.72. The second-order valence-electron chi connectivity index (χ2n) is 11.1. The number of esters is 1. The Morgan fingerprint density at radius 1 is 0.905 bits per heavy atom. The van der Waals surface area contributed by atoms with Crippen LogP contribution in [0, 0.1) is 5.82 Å². The van der Waals surface area contributed by atoms with Gasteiger partial charge < -0.3 is 9.16 Å². The predicted octanol–water partition coefficient (Wildman–Crippen LogP) is 7.26. The maximum atomic E-state index is 15.6. The molecule has 5 aromatic rings. The molecule has 5 nitrogen and oxygen atoms in total. The van der Waals surface area contributed by atoms with Crippen molar-refractivity contribution in [2.75, 3.05) is 7.11 Å². The molecule has 1 heterocycles. The summed E-state index contributed by atoms with van der Waals surface area (Å²) in [6.07, 6.45) is 3.66. The van der Waals surface area contributed by atoms with Crippen molar-refractivity contribution in [3.8, 4) is 5.75 Å². The molecule has 0 aliphatic rings. The largest absolute Gasteiger partial charge is 0.534 e. The number of hydrogen-bond acceptors (Lipinski definition) is 4. The van der Waals surface area contributed by atoms with Crippen molar-refractivity contribution in [3.63, 3.8) is 0 Å². The summed E-state index contributed by atoms with van der Waals surface area (Å²) >= 11 is 6.25. The standard InChI is InChI=1S/C34H32ClFN2O3Si/c1-34(2,3)42(25-12-8-6-9-13-25,26-14-10-7-11-15-26)41-31-21-23(20-28-27(31)18-19-29(35)32(28)36)16-17-24-22-30(33(39)40-5)37-38(24)4/h6-22H,1-5H3/b17-16+. The number of nitrogens with zero attached hydrogens (tertiary/aromatic N) is 2. The molecular formula is C34H32ClFN2O3Si. The van der Waals surface area contributed by atoms with Gasteiger partial charge >= 0.3 is 14.3 Å². The Labute approximate surface area is 251 Å². The third kappa shape index (κ3) is 5.38. The fourth-order valence-electron chi connectivity index (χ4n) is 5.38. The number of aryl methyl sites for hydroxylation is 1. The molecular weight excluding hydrogens is 567 g/mol. The smallest absolute Gasteiger partial charge is 0.358 e. The topological polar surface area (TPSA) is 53.4 Å². The number of benzene rings is 4. The first-order valence-corrected chi connectivity index (χ1v) is 15.9. The van der Waals surface area contributed by atoms with Gasteiger partial charge in [0, 0.05) is 17.8 Å². The quantitative estimate of drug-likeness (QED) is 0.146. The highest BCUT2D eigenvalue weighted by molar-refractivity contribution is 7.00. The number of hydrogen-bond donors (Lipinski definition) is 0. The van der Waals surface area contributed by atoms with Gasteiger partial charge in [0.1, 0.15) is 11.6 Å². The Bertz CT molecular complexity index is 1740. The maximum absolute atomic E-state index is 15.6. The number of rotatable bonds is 7. The van der Waals surface area contributed by atoms with E-state index in [0.717, 1.165) is 10.4 Å². The molecule has 0 N–H and O–H groups in total. The first kappa shape index (κ1) is 29.3. The average Bonchev–Trinajstić information content (AvgIpc) is 3.36. The van der Waals surface area contributed by atoms with Crippen molar-refractivity contribution in [2.45, 2.75) is 25.8 Å². The average molecular weight is 599 g/mol.